The van der Waals surface area contributed by atoms with Gasteiger partial charge in [0.15, 0.2) is 0 Å². The molecule has 3 heterocycles. The zero-order valence-electron chi connectivity index (χ0n) is 15.6. The minimum atomic E-state index is -0.572. The highest BCUT2D eigenvalue weighted by Crippen LogP contribution is 2.31. The molecule has 1 aliphatic carbocycles. The molecule has 2 aromatic rings. The zero-order chi connectivity index (χ0) is 18.3. The number of aliphatic hydroxyl groups excluding tert-OH is 1. The Morgan fingerprint density at radius 3 is 2.65 bits per heavy atom. The first kappa shape index (κ1) is 17.3. The lowest BCUT2D eigenvalue weighted by Gasteiger charge is -2.34. The van der Waals surface area contributed by atoms with Gasteiger partial charge in [0.1, 0.15) is 17.6 Å². The van der Waals surface area contributed by atoms with Crippen LogP contribution in [0, 0.1) is 5.92 Å². The van der Waals surface area contributed by atoms with Gasteiger partial charge in [-0.3, -0.25) is 9.48 Å². The number of likely N-dealkylation sites (tertiary alicyclic amines) is 1. The van der Waals surface area contributed by atoms with Crippen molar-refractivity contribution in [3.8, 4) is 0 Å². The maximum absolute atomic E-state index is 13.1. The van der Waals surface area contributed by atoms with E-state index in [2.05, 4.69) is 10.1 Å². The van der Waals surface area contributed by atoms with Crippen molar-refractivity contribution in [1.82, 2.24) is 24.2 Å². The van der Waals surface area contributed by atoms with Crippen molar-refractivity contribution in [3.63, 3.8) is 0 Å². The molecular formula is C19H27N5O2. The molecule has 7 heteroatoms. The van der Waals surface area contributed by atoms with Crippen molar-refractivity contribution in [2.45, 2.75) is 44.6 Å². The Morgan fingerprint density at radius 1 is 1.23 bits per heavy atom. The highest BCUT2D eigenvalue weighted by atomic mass is 16.3. The lowest BCUT2D eigenvalue weighted by molar-refractivity contribution is 0.0413. The molecule has 2 aliphatic rings. The number of rotatable bonds is 3. The molecule has 7 nitrogen and oxygen atoms in total. The highest BCUT2D eigenvalue weighted by molar-refractivity contribution is 5.94. The summed E-state index contributed by atoms with van der Waals surface area (Å²) < 4.78 is 3.64. The normalized spacial score (nSPS) is 19.4. The summed E-state index contributed by atoms with van der Waals surface area (Å²) in [6.45, 7) is 1.34. The molecule has 26 heavy (non-hydrogen) atoms. The second-order valence-electron chi connectivity index (χ2n) is 7.58. The number of hydrogen-bond acceptors (Lipinski definition) is 4. The summed E-state index contributed by atoms with van der Waals surface area (Å²) >= 11 is 0. The van der Waals surface area contributed by atoms with E-state index in [0.29, 0.717) is 18.9 Å². The van der Waals surface area contributed by atoms with Crippen molar-refractivity contribution in [2.24, 2.45) is 20.0 Å². The van der Waals surface area contributed by atoms with E-state index in [9.17, 15) is 9.90 Å². The van der Waals surface area contributed by atoms with Crippen molar-refractivity contribution in [2.75, 3.05) is 13.1 Å². The monoisotopic (exact) mass is 357 g/mol. The number of aromatic nitrogens is 4. The van der Waals surface area contributed by atoms with Gasteiger partial charge in [0.2, 0.25) is 0 Å². The summed E-state index contributed by atoms with van der Waals surface area (Å²) in [6, 6.07) is 0. The lowest BCUT2D eigenvalue weighted by atomic mass is 9.90. The van der Waals surface area contributed by atoms with Crippen LogP contribution in [-0.4, -0.2) is 48.3 Å². The summed E-state index contributed by atoms with van der Waals surface area (Å²) in [5.74, 6) is 0.934. The van der Waals surface area contributed by atoms with Crippen LogP contribution >= 0.6 is 0 Å². The predicted octanol–water partition coefficient (Wildman–Crippen LogP) is 1.62. The SMILES string of the molecule is Cn1ccnc1C(O)C1CCN(C(=O)c2c3c(nn2C)CCCC3)CC1. The minimum Gasteiger partial charge on any atom is -0.385 e. The van der Waals surface area contributed by atoms with Crippen molar-refractivity contribution >= 4 is 5.91 Å². The molecule has 0 spiro atoms. The molecule has 0 radical (unpaired) electrons. The average molecular weight is 357 g/mol. The molecule has 1 N–H and O–H groups in total. The number of carbonyl (C=O) groups is 1. The molecule has 1 aliphatic heterocycles. The molecule has 140 valence electrons. The Hall–Kier alpha value is -2.15. The molecule has 2 aromatic heterocycles. The van der Waals surface area contributed by atoms with E-state index in [1.165, 1.54) is 0 Å². The second-order valence-corrected chi connectivity index (χ2v) is 7.58. The van der Waals surface area contributed by atoms with Gasteiger partial charge in [0, 0.05) is 45.1 Å². The molecule has 1 fully saturated rings. The van der Waals surface area contributed by atoms with Crippen LogP contribution in [0.1, 0.15) is 59.4 Å². The van der Waals surface area contributed by atoms with Gasteiger partial charge in [-0.1, -0.05) is 0 Å². The van der Waals surface area contributed by atoms with Gasteiger partial charge in [-0.25, -0.2) is 4.98 Å². The van der Waals surface area contributed by atoms with Gasteiger partial charge in [-0.05, 0) is 44.4 Å². The fourth-order valence-corrected chi connectivity index (χ4v) is 4.39. The average Bonchev–Trinajstić information content (AvgIpc) is 3.23. The van der Waals surface area contributed by atoms with Crippen LogP contribution in [0.2, 0.25) is 0 Å². The van der Waals surface area contributed by atoms with Gasteiger partial charge in [-0.2, -0.15) is 5.10 Å². The quantitative estimate of drug-likeness (QED) is 0.906. The Kier molecular flexibility index (Phi) is 4.56. The number of imidazole rings is 1. The summed E-state index contributed by atoms with van der Waals surface area (Å²) in [5.41, 5.74) is 3.02. The standard InChI is InChI=1S/C19H27N5O2/c1-22-12-9-20-18(22)17(25)13-7-10-24(11-8-13)19(26)16-14-5-3-4-6-15(14)21-23(16)2/h9,12-13,17,25H,3-8,10-11H2,1-2H3. The number of amides is 1. The second kappa shape index (κ2) is 6.87. The molecule has 1 unspecified atom stereocenters. The number of carbonyl (C=O) groups excluding carboxylic acids is 1. The lowest BCUT2D eigenvalue weighted by Crippen LogP contribution is -2.41. The van der Waals surface area contributed by atoms with Crippen LogP contribution < -0.4 is 0 Å². The van der Waals surface area contributed by atoms with E-state index in [1.54, 1.807) is 10.9 Å². The molecule has 0 bridgehead atoms. The first-order valence-electron chi connectivity index (χ1n) is 9.55. The topological polar surface area (TPSA) is 76.2 Å². The van der Waals surface area contributed by atoms with E-state index in [1.807, 2.05) is 29.8 Å². The smallest absolute Gasteiger partial charge is 0.272 e. The molecule has 4 rings (SSSR count). The first-order valence-corrected chi connectivity index (χ1v) is 9.55. The van der Waals surface area contributed by atoms with Gasteiger partial charge >= 0.3 is 0 Å². The minimum absolute atomic E-state index is 0.0908. The number of fused-ring (bicyclic) bond motifs is 1. The maximum Gasteiger partial charge on any atom is 0.272 e. The number of nitrogens with zero attached hydrogens (tertiary/aromatic N) is 5. The van der Waals surface area contributed by atoms with Crippen molar-refractivity contribution < 1.29 is 9.90 Å². The van der Waals surface area contributed by atoms with Gasteiger partial charge in [-0.15, -0.1) is 0 Å². The van der Waals surface area contributed by atoms with Crippen LogP contribution in [0.3, 0.4) is 0 Å². The van der Waals surface area contributed by atoms with Crippen molar-refractivity contribution in [1.29, 1.82) is 0 Å². The molecule has 1 amide bonds. The van der Waals surface area contributed by atoms with E-state index in [0.717, 1.165) is 55.5 Å². The number of aliphatic hydroxyl groups is 1. The van der Waals surface area contributed by atoms with E-state index in [4.69, 9.17) is 0 Å². The summed E-state index contributed by atoms with van der Waals surface area (Å²) in [5, 5.41) is 15.2. The van der Waals surface area contributed by atoms with Crippen LogP contribution in [0.5, 0.6) is 0 Å². The van der Waals surface area contributed by atoms with Gasteiger partial charge in [0.05, 0.1) is 5.69 Å². The maximum atomic E-state index is 13.1. The molecule has 1 saturated heterocycles. The zero-order valence-corrected chi connectivity index (χ0v) is 15.6. The fourth-order valence-electron chi connectivity index (χ4n) is 4.39. The Labute approximate surface area is 153 Å². The predicted molar refractivity (Wildman–Crippen MR) is 96.6 cm³/mol. The largest absolute Gasteiger partial charge is 0.385 e. The van der Waals surface area contributed by atoms with Crippen molar-refractivity contribution in [3.05, 3.63) is 35.2 Å². The molecule has 0 saturated carbocycles. The Morgan fingerprint density at radius 2 is 1.96 bits per heavy atom. The highest BCUT2D eigenvalue weighted by Gasteiger charge is 2.33. The third-order valence-electron chi connectivity index (χ3n) is 5.92. The summed E-state index contributed by atoms with van der Waals surface area (Å²) in [7, 11) is 3.78. The molecular weight excluding hydrogens is 330 g/mol. The Bertz CT molecular complexity index is 801. The van der Waals surface area contributed by atoms with E-state index in [-0.39, 0.29) is 11.8 Å². The summed E-state index contributed by atoms with van der Waals surface area (Å²) in [4.78, 5) is 19.3. The van der Waals surface area contributed by atoms with Crippen LogP contribution in [0.4, 0.5) is 0 Å². The first-order chi connectivity index (χ1) is 12.6. The number of aryl methyl sites for hydroxylation is 3. The van der Waals surface area contributed by atoms with E-state index >= 15 is 0 Å². The van der Waals surface area contributed by atoms with Crippen LogP contribution in [0.15, 0.2) is 12.4 Å². The summed E-state index contributed by atoms with van der Waals surface area (Å²) in [6.07, 6.45) is 8.81. The van der Waals surface area contributed by atoms with Crippen LogP contribution in [-0.2, 0) is 26.9 Å². The third-order valence-corrected chi connectivity index (χ3v) is 5.92. The van der Waals surface area contributed by atoms with E-state index < -0.39 is 6.10 Å². The van der Waals surface area contributed by atoms with Gasteiger partial charge < -0.3 is 14.6 Å². The number of hydrogen-bond donors (Lipinski definition) is 1. The third kappa shape index (κ3) is 2.94. The van der Waals surface area contributed by atoms with Crippen LogP contribution in [0.25, 0.3) is 0 Å². The molecule has 1 atom stereocenters. The van der Waals surface area contributed by atoms with Gasteiger partial charge in [0.25, 0.3) is 5.91 Å². The number of piperidine rings is 1. The Balaban J connectivity index is 1.44. The fraction of sp³-hybridized carbons (Fsp3) is 0.632. The molecule has 0 aromatic carbocycles.